The Labute approximate surface area is 131 Å². The number of carbonyl (C=O) groups excluding carboxylic acids is 2. The normalized spacial score (nSPS) is 14.5. The van der Waals surface area contributed by atoms with E-state index < -0.39 is 5.97 Å². The van der Waals surface area contributed by atoms with Gasteiger partial charge in [0.15, 0.2) is 0 Å². The largest absolute Gasteiger partial charge is 0.493 e. The number of hydrogen-bond donors (Lipinski definition) is 0. The highest BCUT2D eigenvalue weighted by Gasteiger charge is 2.21. The van der Waals surface area contributed by atoms with E-state index in [1.807, 2.05) is 11.8 Å². The molecular weight excluding hydrogens is 282 g/mol. The van der Waals surface area contributed by atoms with Crippen molar-refractivity contribution in [1.82, 2.24) is 4.90 Å². The van der Waals surface area contributed by atoms with Crippen LogP contribution >= 0.6 is 0 Å². The van der Waals surface area contributed by atoms with E-state index in [0.717, 1.165) is 25.9 Å². The van der Waals surface area contributed by atoms with Crippen LogP contribution in [0.2, 0.25) is 0 Å². The van der Waals surface area contributed by atoms with Crippen molar-refractivity contribution in [1.29, 1.82) is 0 Å². The number of nitrogens with zero attached hydrogens (tertiary/aromatic N) is 1. The molecule has 0 atom stereocenters. The Hall–Kier alpha value is -2.04. The van der Waals surface area contributed by atoms with Gasteiger partial charge < -0.3 is 14.4 Å². The van der Waals surface area contributed by atoms with E-state index in [9.17, 15) is 9.59 Å². The Bertz CT molecular complexity index is 535. The second-order valence-corrected chi connectivity index (χ2v) is 5.22. The molecule has 0 spiro atoms. The Morgan fingerprint density at radius 2 is 1.82 bits per heavy atom. The minimum Gasteiger partial charge on any atom is -0.493 e. The Kier molecular flexibility index (Phi) is 5.81. The first kappa shape index (κ1) is 16.3. The molecule has 0 radical (unpaired) electrons. The number of amides is 1. The third-order valence-electron chi connectivity index (χ3n) is 3.66. The fraction of sp³-hybridized carbons (Fsp3) is 0.529. The summed E-state index contributed by atoms with van der Waals surface area (Å²) < 4.78 is 10.5. The number of carbonyl (C=O) groups is 2. The number of likely N-dealkylation sites (tertiary alicyclic amines) is 1. The first-order valence-corrected chi connectivity index (χ1v) is 7.90. The van der Waals surface area contributed by atoms with Crippen LogP contribution < -0.4 is 4.74 Å². The van der Waals surface area contributed by atoms with Gasteiger partial charge in [-0.25, -0.2) is 4.79 Å². The molecule has 1 aliphatic heterocycles. The van der Waals surface area contributed by atoms with Crippen LogP contribution in [-0.4, -0.2) is 43.1 Å². The van der Waals surface area contributed by atoms with Crippen molar-refractivity contribution < 1.29 is 19.1 Å². The minimum atomic E-state index is -0.459. The predicted octanol–water partition coefficient (Wildman–Crippen LogP) is 2.89. The van der Waals surface area contributed by atoms with Gasteiger partial charge in [0.2, 0.25) is 0 Å². The van der Waals surface area contributed by atoms with Gasteiger partial charge in [0.05, 0.1) is 13.2 Å². The molecule has 1 aliphatic rings. The summed E-state index contributed by atoms with van der Waals surface area (Å²) in [7, 11) is 0. The molecule has 0 aliphatic carbocycles. The average molecular weight is 305 g/mol. The highest BCUT2D eigenvalue weighted by atomic mass is 16.5. The van der Waals surface area contributed by atoms with Crippen LogP contribution in [0.5, 0.6) is 5.75 Å². The fourth-order valence-electron chi connectivity index (χ4n) is 2.59. The zero-order valence-corrected chi connectivity index (χ0v) is 13.3. The van der Waals surface area contributed by atoms with E-state index in [1.165, 1.54) is 6.42 Å². The number of esters is 1. The van der Waals surface area contributed by atoms with Crippen molar-refractivity contribution in [3.05, 3.63) is 29.3 Å². The monoisotopic (exact) mass is 305 g/mol. The van der Waals surface area contributed by atoms with Gasteiger partial charge in [-0.3, -0.25) is 4.79 Å². The molecule has 2 rings (SSSR count). The van der Waals surface area contributed by atoms with Crippen molar-refractivity contribution in [2.45, 2.75) is 33.1 Å². The van der Waals surface area contributed by atoms with Gasteiger partial charge >= 0.3 is 5.97 Å². The summed E-state index contributed by atoms with van der Waals surface area (Å²) >= 11 is 0. The number of ether oxygens (including phenoxy) is 2. The van der Waals surface area contributed by atoms with Gasteiger partial charge in [-0.1, -0.05) is 0 Å². The quantitative estimate of drug-likeness (QED) is 0.785. The molecule has 1 aromatic carbocycles. The molecule has 0 N–H and O–H groups in total. The van der Waals surface area contributed by atoms with E-state index in [-0.39, 0.29) is 12.5 Å². The summed E-state index contributed by atoms with van der Waals surface area (Å²) in [5.41, 5.74) is 0.819. The zero-order valence-electron chi connectivity index (χ0n) is 13.3. The van der Waals surface area contributed by atoms with Crippen molar-refractivity contribution in [3.63, 3.8) is 0 Å². The SMILES string of the molecule is CCOC(=O)c1cc(C(=O)N2CCCCC2)ccc1OCC. The second kappa shape index (κ2) is 7.82. The lowest BCUT2D eigenvalue weighted by Gasteiger charge is -2.27. The summed E-state index contributed by atoms with van der Waals surface area (Å²) in [6, 6.07) is 4.97. The highest BCUT2D eigenvalue weighted by molar-refractivity contribution is 5.99. The van der Waals surface area contributed by atoms with E-state index in [1.54, 1.807) is 25.1 Å². The molecule has 5 heteroatoms. The molecule has 0 aromatic heterocycles. The van der Waals surface area contributed by atoms with E-state index in [0.29, 0.717) is 23.5 Å². The first-order valence-electron chi connectivity index (χ1n) is 7.90. The summed E-state index contributed by atoms with van der Waals surface area (Å²) in [4.78, 5) is 26.4. The summed E-state index contributed by atoms with van der Waals surface area (Å²) in [6.45, 7) is 5.89. The summed E-state index contributed by atoms with van der Waals surface area (Å²) in [5.74, 6) is -0.0383. The molecule has 1 heterocycles. The van der Waals surface area contributed by atoms with Gasteiger partial charge in [-0.2, -0.15) is 0 Å². The van der Waals surface area contributed by atoms with Crippen molar-refractivity contribution in [3.8, 4) is 5.75 Å². The van der Waals surface area contributed by atoms with Gasteiger partial charge in [-0.15, -0.1) is 0 Å². The average Bonchev–Trinajstić information content (AvgIpc) is 2.56. The third kappa shape index (κ3) is 3.78. The highest BCUT2D eigenvalue weighted by Crippen LogP contribution is 2.23. The van der Waals surface area contributed by atoms with Crippen LogP contribution in [0.25, 0.3) is 0 Å². The van der Waals surface area contributed by atoms with Crippen LogP contribution in [0.15, 0.2) is 18.2 Å². The first-order chi connectivity index (χ1) is 10.7. The molecule has 120 valence electrons. The summed E-state index contributed by atoms with van der Waals surface area (Å²) in [6.07, 6.45) is 3.24. The van der Waals surface area contributed by atoms with Crippen molar-refractivity contribution >= 4 is 11.9 Å². The van der Waals surface area contributed by atoms with Gasteiger partial charge in [0, 0.05) is 18.7 Å². The Morgan fingerprint density at radius 3 is 2.45 bits per heavy atom. The smallest absolute Gasteiger partial charge is 0.341 e. The molecule has 0 saturated carbocycles. The molecule has 5 nitrogen and oxygen atoms in total. The Morgan fingerprint density at radius 1 is 1.09 bits per heavy atom. The van der Waals surface area contributed by atoms with Gasteiger partial charge in [0.25, 0.3) is 5.91 Å². The standard InChI is InChI=1S/C17H23NO4/c1-3-21-15-9-8-13(12-14(15)17(20)22-4-2)16(19)18-10-6-5-7-11-18/h8-9,12H,3-7,10-11H2,1-2H3. The summed E-state index contributed by atoms with van der Waals surface area (Å²) in [5, 5.41) is 0. The maximum atomic E-state index is 12.5. The maximum Gasteiger partial charge on any atom is 0.341 e. The molecule has 1 fully saturated rings. The zero-order chi connectivity index (χ0) is 15.9. The molecule has 0 bridgehead atoms. The molecule has 1 saturated heterocycles. The predicted molar refractivity (Wildman–Crippen MR) is 83.3 cm³/mol. The molecule has 0 unspecified atom stereocenters. The second-order valence-electron chi connectivity index (χ2n) is 5.22. The minimum absolute atomic E-state index is 0.0340. The van der Waals surface area contributed by atoms with Crippen molar-refractivity contribution in [2.75, 3.05) is 26.3 Å². The third-order valence-corrected chi connectivity index (χ3v) is 3.66. The van der Waals surface area contributed by atoms with E-state index in [2.05, 4.69) is 0 Å². The lowest BCUT2D eigenvalue weighted by molar-refractivity contribution is 0.0522. The fourth-order valence-corrected chi connectivity index (χ4v) is 2.59. The van der Waals surface area contributed by atoms with E-state index >= 15 is 0 Å². The Balaban J connectivity index is 2.26. The van der Waals surface area contributed by atoms with Gasteiger partial charge in [-0.05, 0) is 51.3 Å². The number of piperidine rings is 1. The molecule has 1 aromatic rings. The topological polar surface area (TPSA) is 55.8 Å². The lowest BCUT2D eigenvalue weighted by Crippen LogP contribution is -2.35. The van der Waals surface area contributed by atoms with Crippen LogP contribution in [0.3, 0.4) is 0 Å². The number of benzene rings is 1. The number of rotatable bonds is 5. The van der Waals surface area contributed by atoms with Crippen LogP contribution in [0.4, 0.5) is 0 Å². The van der Waals surface area contributed by atoms with E-state index in [4.69, 9.17) is 9.47 Å². The molecular formula is C17H23NO4. The number of hydrogen-bond acceptors (Lipinski definition) is 4. The molecule has 22 heavy (non-hydrogen) atoms. The maximum absolute atomic E-state index is 12.5. The van der Waals surface area contributed by atoms with Crippen LogP contribution in [0, 0.1) is 0 Å². The van der Waals surface area contributed by atoms with Gasteiger partial charge in [0.1, 0.15) is 11.3 Å². The van der Waals surface area contributed by atoms with Crippen LogP contribution in [0.1, 0.15) is 53.8 Å². The van der Waals surface area contributed by atoms with Crippen LogP contribution in [-0.2, 0) is 4.74 Å². The lowest BCUT2D eigenvalue weighted by atomic mass is 10.1. The van der Waals surface area contributed by atoms with Crippen molar-refractivity contribution in [2.24, 2.45) is 0 Å². The molecule has 1 amide bonds.